The van der Waals surface area contributed by atoms with E-state index in [0.717, 1.165) is 0 Å². The summed E-state index contributed by atoms with van der Waals surface area (Å²) in [5.41, 5.74) is -7.17. The van der Waals surface area contributed by atoms with E-state index in [4.69, 9.17) is 0 Å². The van der Waals surface area contributed by atoms with Crippen LogP contribution in [0, 0.1) is 21.7 Å². The highest BCUT2D eigenvalue weighted by atomic mass is 19.3. The topological polar surface area (TPSA) is 17.1 Å². The predicted octanol–water partition coefficient (Wildman–Crippen LogP) is 6.62. The van der Waals surface area contributed by atoms with E-state index in [1.165, 1.54) is 47.6 Å². The first kappa shape index (κ1) is 23.2. The van der Waals surface area contributed by atoms with Gasteiger partial charge in [0, 0.05) is 11.8 Å². The number of alkyl halides is 3. The van der Waals surface area contributed by atoms with Crippen LogP contribution in [0.3, 0.4) is 0 Å². The molecule has 0 aliphatic heterocycles. The van der Waals surface area contributed by atoms with Crippen LogP contribution < -0.4 is 0 Å². The van der Waals surface area contributed by atoms with Crippen LogP contribution in [0.25, 0.3) is 0 Å². The SMILES string of the molecule is C=CC(=O)CC(C)(C)C(C)(C)C(C)(C)C(F)(F)C(C)(C)C(C)(C)F. The molecule has 0 atom stereocenters. The minimum atomic E-state index is -3.31. The Kier molecular flexibility index (Phi) is 5.97. The van der Waals surface area contributed by atoms with Gasteiger partial charge in [0.2, 0.25) is 0 Å². The van der Waals surface area contributed by atoms with Crippen LogP contribution in [0.15, 0.2) is 12.7 Å². The second kappa shape index (κ2) is 6.17. The quantitative estimate of drug-likeness (QED) is 0.450. The lowest BCUT2D eigenvalue weighted by molar-refractivity contribution is -0.269. The Labute approximate surface area is 146 Å². The Morgan fingerprint density at radius 2 is 1.17 bits per heavy atom. The van der Waals surface area contributed by atoms with Crippen molar-refractivity contribution in [2.45, 2.75) is 87.2 Å². The third-order valence-electron chi connectivity index (χ3n) is 7.15. The second-order valence-corrected chi connectivity index (χ2v) is 9.65. The third-order valence-corrected chi connectivity index (χ3v) is 7.15. The number of carbonyl (C=O) groups excluding carboxylic acids is 1. The number of hydrogen-bond donors (Lipinski definition) is 0. The molecule has 0 unspecified atom stereocenters. The molecule has 0 amide bonds. The number of carbonyl (C=O) groups is 1. The molecule has 0 fully saturated rings. The number of ketones is 1. The summed E-state index contributed by atoms with van der Waals surface area (Å²) < 4.78 is 45.7. The van der Waals surface area contributed by atoms with Crippen LogP contribution in [-0.4, -0.2) is 17.4 Å². The maximum absolute atomic E-state index is 15.6. The monoisotopic (exact) mass is 348 g/mol. The lowest BCUT2D eigenvalue weighted by Gasteiger charge is -2.59. The van der Waals surface area contributed by atoms with Gasteiger partial charge in [-0.1, -0.05) is 62.0 Å². The molecule has 0 aromatic heterocycles. The highest BCUT2D eigenvalue weighted by Gasteiger charge is 2.69. The van der Waals surface area contributed by atoms with Gasteiger partial charge in [0.15, 0.2) is 5.78 Å². The predicted molar refractivity (Wildman–Crippen MR) is 95.1 cm³/mol. The average molecular weight is 348 g/mol. The van der Waals surface area contributed by atoms with Crippen LogP contribution >= 0.6 is 0 Å². The van der Waals surface area contributed by atoms with Gasteiger partial charge in [0.05, 0.1) is 5.41 Å². The largest absolute Gasteiger partial charge is 0.295 e. The Hall–Kier alpha value is -0.800. The summed E-state index contributed by atoms with van der Waals surface area (Å²) in [4.78, 5) is 11.8. The molecule has 0 aromatic carbocycles. The number of halogens is 3. The van der Waals surface area contributed by atoms with Gasteiger partial charge in [-0.05, 0) is 30.8 Å². The Balaban J connectivity index is 6.20. The van der Waals surface area contributed by atoms with E-state index in [-0.39, 0.29) is 12.2 Å². The van der Waals surface area contributed by atoms with E-state index in [9.17, 15) is 9.18 Å². The minimum Gasteiger partial charge on any atom is -0.295 e. The van der Waals surface area contributed by atoms with E-state index in [1.54, 1.807) is 27.7 Å². The lowest BCUT2D eigenvalue weighted by atomic mass is 9.48. The fourth-order valence-electron chi connectivity index (χ4n) is 3.12. The van der Waals surface area contributed by atoms with Crippen LogP contribution in [0.2, 0.25) is 0 Å². The molecule has 0 heterocycles. The van der Waals surface area contributed by atoms with E-state index in [1.807, 2.05) is 0 Å². The molecule has 0 saturated heterocycles. The Bertz CT molecular complexity index is 492. The number of hydrogen-bond acceptors (Lipinski definition) is 1. The van der Waals surface area contributed by atoms with Crippen molar-refractivity contribution >= 4 is 5.78 Å². The zero-order valence-electron chi connectivity index (χ0n) is 17.0. The fourth-order valence-corrected chi connectivity index (χ4v) is 3.12. The van der Waals surface area contributed by atoms with Gasteiger partial charge < -0.3 is 0 Å². The first-order valence-corrected chi connectivity index (χ1v) is 8.43. The number of allylic oxidation sites excluding steroid dienone is 1. The second-order valence-electron chi connectivity index (χ2n) is 9.65. The van der Waals surface area contributed by atoms with Crippen molar-refractivity contribution in [2.75, 3.05) is 0 Å². The Morgan fingerprint density at radius 3 is 1.46 bits per heavy atom. The zero-order valence-corrected chi connectivity index (χ0v) is 17.0. The van der Waals surface area contributed by atoms with Gasteiger partial charge in [0.1, 0.15) is 5.67 Å². The minimum absolute atomic E-state index is 0.114. The van der Waals surface area contributed by atoms with Crippen LogP contribution in [0.1, 0.15) is 75.7 Å². The Morgan fingerprint density at radius 1 is 0.792 bits per heavy atom. The lowest BCUT2D eigenvalue weighted by Crippen LogP contribution is -2.63. The van der Waals surface area contributed by atoms with Gasteiger partial charge in [-0.15, -0.1) is 0 Å². The normalized spacial score (nSPS) is 15.4. The summed E-state index contributed by atoms with van der Waals surface area (Å²) in [5.74, 6) is -3.49. The molecule has 0 spiro atoms. The molecule has 0 N–H and O–H groups in total. The van der Waals surface area contributed by atoms with E-state index in [2.05, 4.69) is 6.58 Å². The first-order chi connectivity index (χ1) is 10.2. The van der Waals surface area contributed by atoms with Crippen LogP contribution in [0.5, 0.6) is 0 Å². The van der Waals surface area contributed by atoms with Crippen molar-refractivity contribution in [3.05, 3.63) is 12.7 Å². The molecule has 142 valence electrons. The summed E-state index contributed by atoms with van der Waals surface area (Å²) in [6.07, 6.45) is 1.33. The molecule has 0 bridgehead atoms. The third kappa shape index (κ3) is 3.30. The molecule has 0 rings (SSSR count). The fraction of sp³-hybridized carbons (Fsp3) is 0.850. The van der Waals surface area contributed by atoms with E-state index in [0.29, 0.717) is 0 Å². The van der Waals surface area contributed by atoms with Gasteiger partial charge in [-0.3, -0.25) is 4.79 Å². The van der Waals surface area contributed by atoms with Gasteiger partial charge in [-0.2, -0.15) is 0 Å². The summed E-state index contributed by atoms with van der Waals surface area (Å²) in [6.45, 7) is 18.4. The van der Waals surface area contributed by atoms with Gasteiger partial charge in [0.25, 0.3) is 5.92 Å². The highest BCUT2D eigenvalue weighted by molar-refractivity contribution is 5.89. The van der Waals surface area contributed by atoms with Crippen molar-refractivity contribution in [3.63, 3.8) is 0 Å². The number of rotatable bonds is 8. The molecule has 0 aromatic rings. The molecule has 0 aliphatic carbocycles. The highest BCUT2D eigenvalue weighted by Crippen LogP contribution is 2.65. The van der Waals surface area contributed by atoms with Crippen molar-refractivity contribution < 1.29 is 18.0 Å². The maximum Gasteiger partial charge on any atom is 0.261 e. The standard InChI is InChI=1S/C20H35F3O/c1-12-14(24)13-15(2,3)16(4,5)17(6,7)20(22,23)18(8,9)19(10,11)21/h12H,1,13H2,2-11H3. The summed E-state index contributed by atoms with van der Waals surface area (Å²) >= 11 is 0. The summed E-state index contributed by atoms with van der Waals surface area (Å²) in [7, 11) is 0. The maximum atomic E-state index is 15.6. The summed E-state index contributed by atoms with van der Waals surface area (Å²) in [6, 6.07) is 0. The molecule has 24 heavy (non-hydrogen) atoms. The molecule has 0 radical (unpaired) electrons. The van der Waals surface area contributed by atoms with Crippen molar-refractivity contribution in [1.82, 2.24) is 0 Å². The van der Waals surface area contributed by atoms with Gasteiger partial charge >= 0.3 is 0 Å². The average Bonchev–Trinajstić information content (AvgIpc) is 2.35. The molecular weight excluding hydrogens is 313 g/mol. The molecular formula is C20H35F3O. The first-order valence-electron chi connectivity index (χ1n) is 8.43. The van der Waals surface area contributed by atoms with Crippen LogP contribution in [-0.2, 0) is 4.79 Å². The van der Waals surface area contributed by atoms with Crippen molar-refractivity contribution in [3.8, 4) is 0 Å². The van der Waals surface area contributed by atoms with E-state index >= 15 is 8.78 Å². The molecule has 0 saturated carbocycles. The van der Waals surface area contributed by atoms with Crippen LogP contribution in [0.4, 0.5) is 13.2 Å². The van der Waals surface area contributed by atoms with Gasteiger partial charge in [-0.25, -0.2) is 13.2 Å². The summed E-state index contributed by atoms with van der Waals surface area (Å²) in [5, 5.41) is 0. The van der Waals surface area contributed by atoms with Crippen molar-refractivity contribution in [2.24, 2.45) is 21.7 Å². The van der Waals surface area contributed by atoms with Crippen molar-refractivity contribution in [1.29, 1.82) is 0 Å². The molecule has 4 heteroatoms. The molecule has 0 aliphatic rings. The zero-order chi connectivity index (χ0) is 20.0. The van der Waals surface area contributed by atoms with E-state index < -0.39 is 33.3 Å². The smallest absolute Gasteiger partial charge is 0.261 e. The molecule has 1 nitrogen and oxygen atoms in total.